The van der Waals surface area contributed by atoms with Crippen molar-refractivity contribution in [1.82, 2.24) is 0 Å². The fourth-order valence-electron chi connectivity index (χ4n) is 6.31. The summed E-state index contributed by atoms with van der Waals surface area (Å²) in [6.45, 7) is 3.09. The Labute approximate surface area is 188 Å². The van der Waals surface area contributed by atoms with E-state index in [1.165, 1.54) is 36.8 Å². The second kappa shape index (κ2) is 11.2. The molecular weight excluding hydrogens is 388 g/mol. The van der Waals surface area contributed by atoms with Gasteiger partial charge < -0.3 is 19.3 Å². The molecule has 1 N–H and O–H groups in total. The number of hydrogen-bond acceptors (Lipinski definition) is 4. The molecule has 0 bridgehead atoms. The van der Waals surface area contributed by atoms with Crippen LogP contribution in [0, 0.1) is 17.8 Å². The van der Waals surface area contributed by atoms with Crippen LogP contribution in [0.4, 0.5) is 0 Å². The van der Waals surface area contributed by atoms with E-state index in [1.54, 1.807) is 7.11 Å². The third-order valence-corrected chi connectivity index (χ3v) is 8.00. The summed E-state index contributed by atoms with van der Waals surface area (Å²) in [5.74, 6) is 2.56. The highest BCUT2D eigenvalue weighted by molar-refractivity contribution is 5.43. The summed E-state index contributed by atoms with van der Waals surface area (Å²) in [6.07, 6.45) is 13.4. The first-order valence-corrected chi connectivity index (χ1v) is 12.8. The molecule has 0 radical (unpaired) electrons. The maximum Gasteiger partial charge on any atom is 0.157 e. The molecule has 1 aromatic carbocycles. The molecule has 1 aliphatic heterocycles. The molecule has 0 amide bonds. The molecule has 6 atom stereocenters. The number of methoxy groups -OCH3 is 1. The average molecular weight is 431 g/mol. The smallest absolute Gasteiger partial charge is 0.157 e. The van der Waals surface area contributed by atoms with E-state index in [-0.39, 0.29) is 18.5 Å². The van der Waals surface area contributed by atoms with Gasteiger partial charge in [-0.1, -0.05) is 38.3 Å². The Kier molecular flexibility index (Phi) is 8.30. The molecule has 4 nitrogen and oxygen atoms in total. The van der Waals surface area contributed by atoms with Gasteiger partial charge in [-0.2, -0.15) is 0 Å². The number of fused-ring (bicyclic) bond motifs is 2. The summed E-state index contributed by atoms with van der Waals surface area (Å²) >= 11 is 0. The molecule has 2 fully saturated rings. The number of unbranched alkanes of at least 4 members (excludes halogenated alkanes) is 2. The summed E-state index contributed by atoms with van der Waals surface area (Å²) in [5, 5.41) is 11.0. The van der Waals surface area contributed by atoms with E-state index in [9.17, 15) is 5.11 Å². The zero-order chi connectivity index (χ0) is 21.6. The molecule has 1 heterocycles. The molecule has 174 valence electrons. The van der Waals surface area contributed by atoms with Crippen LogP contribution in [-0.4, -0.2) is 37.3 Å². The number of hydrogen-bond donors (Lipinski definition) is 1. The van der Waals surface area contributed by atoms with Crippen molar-refractivity contribution in [2.24, 2.45) is 17.8 Å². The van der Waals surface area contributed by atoms with Crippen molar-refractivity contribution in [2.75, 3.05) is 13.7 Å². The van der Waals surface area contributed by atoms with Crippen molar-refractivity contribution in [3.8, 4) is 5.75 Å². The normalized spacial score (nSPS) is 31.1. The maximum absolute atomic E-state index is 11.0. The number of benzene rings is 1. The molecule has 1 aromatic rings. The summed E-state index contributed by atoms with van der Waals surface area (Å²) in [7, 11) is 1.77. The van der Waals surface area contributed by atoms with Crippen LogP contribution in [0.15, 0.2) is 18.2 Å². The van der Waals surface area contributed by atoms with Crippen LogP contribution in [0.2, 0.25) is 0 Å². The van der Waals surface area contributed by atoms with E-state index in [1.807, 2.05) is 0 Å². The summed E-state index contributed by atoms with van der Waals surface area (Å²) < 4.78 is 17.9. The Bertz CT molecular complexity index is 684. The first-order chi connectivity index (χ1) is 15.2. The lowest BCUT2D eigenvalue weighted by Crippen LogP contribution is -2.30. The van der Waals surface area contributed by atoms with Gasteiger partial charge in [0.05, 0.1) is 19.3 Å². The molecule has 2 aliphatic carbocycles. The van der Waals surface area contributed by atoms with E-state index in [0.717, 1.165) is 63.7 Å². The standard InChI is InChI=1S/C27H42O4/c1-3-4-5-10-21(31-27-12-6-7-15-30-27)13-14-22-23-16-19-9-8-11-26(29-2)24(19)17-20(23)18-25(22)28/h8-9,11,20-23,25,27-28H,3-7,10,12-18H2,1-2H3/t20?,21-,22?,23?,25?,27?/m0/s1. The zero-order valence-electron chi connectivity index (χ0n) is 19.6. The fraction of sp³-hybridized carbons (Fsp3) is 0.778. The van der Waals surface area contributed by atoms with Crippen molar-refractivity contribution >= 4 is 0 Å². The van der Waals surface area contributed by atoms with Gasteiger partial charge in [0.1, 0.15) is 5.75 Å². The van der Waals surface area contributed by atoms with Gasteiger partial charge in [-0.05, 0) is 92.7 Å². The SMILES string of the molecule is CCCCC[C@@H](CCC1C(O)CC2Cc3c(cccc3OC)CC21)OC1CCCCO1. The first-order valence-electron chi connectivity index (χ1n) is 12.8. The van der Waals surface area contributed by atoms with E-state index < -0.39 is 0 Å². The van der Waals surface area contributed by atoms with Gasteiger partial charge in [0.15, 0.2) is 6.29 Å². The zero-order valence-corrected chi connectivity index (χ0v) is 19.6. The Morgan fingerprint density at radius 3 is 2.84 bits per heavy atom. The van der Waals surface area contributed by atoms with Crippen LogP contribution in [0.1, 0.15) is 82.3 Å². The largest absolute Gasteiger partial charge is 0.496 e. The van der Waals surface area contributed by atoms with Gasteiger partial charge in [-0.25, -0.2) is 0 Å². The third-order valence-electron chi connectivity index (χ3n) is 8.00. The Hall–Kier alpha value is -1.10. The molecule has 0 aromatic heterocycles. The minimum atomic E-state index is -0.183. The van der Waals surface area contributed by atoms with Gasteiger partial charge in [-0.3, -0.25) is 0 Å². The minimum Gasteiger partial charge on any atom is -0.496 e. The number of aliphatic hydroxyl groups excluding tert-OH is 1. The van der Waals surface area contributed by atoms with Gasteiger partial charge in [0.2, 0.25) is 0 Å². The van der Waals surface area contributed by atoms with Gasteiger partial charge in [0, 0.05) is 6.61 Å². The van der Waals surface area contributed by atoms with Gasteiger partial charge in [-0.15, -0.1) is 0 Å². The number of aliphatic hydroxyl groups is 1. The maximum atomic E-state index is 11.0. The van der Waals surface area contributed by atoms with Crippen LogP contribution in [0.25, 0.3) is 0 Å². The number of rotatable bonds is 10. The van der Waals surface area contributed by atoms with Crippen LogP contribution < -0.4 is 4.74 Å². The summed E-state index contributed by atoms with van der Waals surface area (Å²) in [5.41, 5.74) is 2.79. The van der Waals surface area contributed by atoms with Crippen molar-refractivity contribution in [1.29, 1.82) is 0 Å². The Morgan fingerprint density at radius 1 is 1.16 bits per heavy atom. The van der Waals surface area contributed by atoms with Crippen LogP contribution in [0.3, 0.4) is 0 Å². The second-order valence-electron chi connectivity index (χ2n) is 10.0. The van der Waals surface area contributed by atoms with E-state index in [0.29, 0.717) is 17.8 Å². The molecule has 4 heteroatoms. The number of ether oxygens (including phenoxy) is 3. The highest BCUT2D eigenvalue weighted by Crippen LogP contribution is 2.48. The molecular formula is C27H42O4. The highest BCUT2D eigenvalue weighted by Gasteiger charge is 2.45. The first kappa shape index (κ1) is 23.1. The van der Waals surface area contributed by atoms with Gasteiger partial charge in [0.25, 0.3) is 0 Å². The average Bonchev–Trinajstić information content (AvgIpc) is 3.10. The van der Waals surface area contributed by atoms with E-state index in [4.69, 9.17) is 14.2 Å². The van der Waals surface area contributed by atoms with E-state index in [2.05, 4.69) is 25.1 Å². The molecule has 3 aliphatic rings. The van der Waals surface area contributed by atoms with Crippen LogP contribution >= 0.6 is 0 Å². The lowest BCUT2D eigenvalue weighted by molar-refractivity contribution is -0.191. The Balaban J connectivity index is 1.38. The molecule has 1 saturated heterocycles. The Morgan fingerprint density at radius 2 is 2.06 bits per heavy atom. The monoisotopic (exact) mass is 430 g/mol. The second-order valence-corrected chi connectivity index (χ2v) is 10.0. The fourth-order valence-corrected chi connectivity index (χ4v) is 6.31. The predicted molar refractivity (Wildman–Crippen MR) is 123 cm³/mol. The summed E-state index contributed by atoms with van der Waals surface area (Å²) in [4.78, 5) is 0. The minimum absolute atomic E-state index is 0.0179. The van der Waals surface area contributed by atoms with Gasteiger partial charge >= 0.3 is 0 Å². The summed E-state index contributed by atoms with van der Waals surface area (Å²) in [6, 6.07) is 6.45. The lowest BCUT2D eigenvalue weighted by atomic mass is 9.73. The quantitative estimate of drug-likeness (QED) is 0.485. The predicted octanol–water partition coefficient (Wildman–Crippen LogP) is 5.68. The van der Waals surface area contributed by atoms with Crippen molar-refractivity contribution in [2.45, 2.75) is 102 Å². The van der Waals surface area contributed by atoms with Crippen molar-refractivity contribution in [3.05, 3.63) is 29.3 Å². The van der Waals surface area contributed by atoms with Crippen molar-refractivity contribution < 1.29 is 19.3 Å². The highest BCUT2D eigenvalue weighted by atomic mass is 16.7. The van der Waals surface area contributed by atoms with Crippen LogP contribution in [0.5, 0.6) is 5.75 Å². The molecule has 1 saturated carbocycles. The molecule has 5 unspecified atom stereocenters. The lowest BCUT2D eigenvalue weighted by Gasteiger charge is -2.33. The third kappa shape index (κ3) is 5.64. The van der Waals surface area contributed by atoms with E-state index >= 15 is 0 Å². The molecule has 31 heavy (non-hydrogen) atoms. The van der Waals surface area contributed by atoms with Crippen molar-refractivity contribution in [3.63, 3.8) is 0 Å². The molecule has 4 rings (SSSR count). The van der Waals surface area contributed by atoms with Crippen LogP contribution in [-0.2, 0) is 22.3 Å². The molecule has 0 spiro atoms. The topological polar surface area (TPSA) is 47.9 Å².